The van der Waals surface area contributed by atoms with Crippen LogP contribution in [0.1, 0.15) is 117 Å². The van der Waals surface area contributed by atoms with Crippen molar-refractivity contribution in [2.24, 2.45) is 0 Å². The molecule has 6 nitrogen and oxygen atoms in total. The minimum Gasteiger partial charge on any atom is -0.456 e. The van der Waals surface area contributed by atoms with Gasteiger partial charge in [0.15, 0.2) is 6.10 Å². The van der Waals surface area contributed by atoms with Gasteiger partial charge in [-0.1, -0.05) is 119 Å². The third kappa shape index (κ3) is 25.6. The molecule has 0 heterocycles. The van der Waals surface area contributed by atoms with Crippen molar-refractivity contribution in [3.63, 3.8) is 0 Å². The molecule has 1 atom stereocenters. The lowest BCUT2D eigenvalue weighted by atomic mass is 10.0. The lowest BCUT2D eigenvalue weighted by molar-refractivity contribution is -0.152. The van der Waals surface area contributed by atoms with Crippen LogP contribution < -0.4 is 5.32 Å². The third-order valence-corrected chi connectivity index (χ3v) is 5.94. The van der Waals surface area contributed by atoms with Crippen molar-refractivity contribution < 1.29 is 23.8 Å². The molecule has 1 N–H and O–H groups in total. The average Bonchev–Trinajstić information content (AvgIpc) is 2.79. The number of esters is 1. The van der Waals surface area contributed by atoms with Crippen LogP contribution in [0.4, 0.5) is 4.79 Å². The highest BCUT2D eigenvalue weighted by molar-refractivity contribution is 9.09. The molecule has 0 aliphatic rings. The topological polar surface area (TPSA) is 73.9 Å². The van der Waals surface area contributed by atoms with Gasteiger partial charge in [-0.25, -0.2) is 4.79 Å². The summed E-state index contributed by atoms with van der Waals surface area (Å²) in [6.07, 6.45) is 20.3. The Bertz CT molecular complexity index is 450. The van der Waals surface area contributed by atoms with Crippen LogP contribution in [0.25, 0.3) is 0 Å². The number of hydrogen-bond acceptors (Lipinski definition) is 5. The molecule has 7 heteroatoms. The summed E-state index contributed by atoms with van der Waals surface area (Å²) in [6, 6.07) is 0. The molecule has 0 aliphatic carbocycles. The Kier molecular flexibility index (Phi) is 25.2. The van der Waals surface area contributed by atoms with Crippen LogP contribution in [0.3, 0.4) is 0 Å². The summed E-state index contributed by atoms with van der Waals surface area (Å²) in [4.78, 5) is 22.7. The number of rotatable bonds is 24. The summed E-state index contributed by atoms with van der Waals surface area (Å²) in [5.74, 6) is -0.407. The van der Waals surface area contributed by atoms with E-state index in [9.17, 15) is 9.59 Å². The first-order chi connectivity index (χ1) is 16.1. The molecule has 0 saturated heterocycles. The normalized spacial score (nSPS) is 11.8. The molecule has 0 aliphatic heterocycles. The van der Waals surface area contributed by atoms with Gasteiger partial charge in [0, 0.05) is 25.4 Å². The fourth-order valence-corrected chi connectivity index (χ4v) is 3.89. The molecule has 0 saturated carbocycles. The van der Waals surface area contributed by atoms with Gasteiger partial charge in [-0.3, -0.25) is 4.79 Å². The van der Waals surface area contributed by atoms with Crippen molar-refractivity contribution in [2.75, 3.05) is 31.7 Å². The van der Waals surface area contributed by atoms with Crippen molar-refractivity contribution in [1.29, 1.82) is 0 Å². The number of unbranched alkanes of at least 4 members (excludes halogenated alkanes) is 15. The summed E-state index contributed by atoms with van der Waals surface area (Å²) >= 11 is 3.22. The van der Waals surface area contributed by atoms with E-state index in [1.165, 1.54) is 96.8 Å². The van der Waals surface area contributed by atoms with Gasteiger partial charge in [-0.05, 0) is 6.42 Å². The number of carbonyl (C=O) groups excluding carboxylic acids is 2. The van der Waals surface area contributed by atoms with Crippen molar-refractivity contribution >= 4 is 28.0 Å². The third-order valence-electron chi connectivity index (χ3n) is 5.54. The van der Waals surface area contributed by atoms with E-state index in [1.54, 1.807) is 0 Å². The number of ether oxygens (including phenoxy) is 3. The number of halogens is 1. The van der Waals surface area contributed by atoms with Crippen molar-refractivity contribution in [3.05, 3.63) is 0 Å². The van der Waals surface area contributed by atoms with Gasteiger partial charge in [0.25, 0.3) is 0 Å². The van der Waals surface area contributed by atoms with Crippen LogP contribution in [0.2, 0.25) is 0 Å². The number of amides is 1. The van der Waals surface area contributed by atoms with Gasteiger partial charge in [0.05, 0.1) is 6.61 Å². The van der Waals surface area contributed by atoms with Crippen LogP contribution in [0, 0.1) is 0 Å². The highest BCUT2D eigenvalue weighted by Crippen LogP contribution is 2.13. The van der Waals surface area contributed by atoms with Crippen molar-refractivity contribution in [3.8, 4) is 0 Å². The molecule has 0 fully saturated rings. The predicted molar refractivity (Wildman–Crippen MR) is 139 cm³/mol. The highest BCUT2D eigenvalue weighted by Gasteiger charge is 2.15. The molecular weight excluding hydrogens is 486 g/mol. The number of alkyl carbamates (subject to hydrolysis) is 1. The lowest BCUT2D eigenvalue weighted by Gasteiger charge is -2.17. The van der Waals surface area contributed by atoms with Crippen LogP contribution >= 0.6 is 15.9 Å². The van der Waals surface area contributed by atoms with Crippen LogP contribution in [0.15, 0.2) is 0 Å². The Balaban J connectivity index is 3.47. The maximum Gasteiger partial charge on any atom is 0.407 e. The van der Waals surface area contributed by atoms with E-state index in [2.05, 4.69) is 28.2 Å². The molecule has 0 aromatic carbocycles. The first-order valence-electron chi connectivity index (χ1n) is 13.3. The van der Waals surface area contributed by atoms with Crippen molar-refractivity contribution in [1.82, 2.24) is 5.32 Å². The quantitative estimate of drug-likeness (QED) is 0.0795. The zero-order valence-corrected chi connectivity index (χ0v) is 22.9. The van der Waals surface area contributed by atoms with Crippen LogP contribution in [-0.2, 0) is 19.0 Å². The van der Waals surface area contributed by atoms with E-state index < -0.39 is 18.2 Å². The summed E-state index contributed by atoms with van der Waals surface area (Å²) in [5, 5.41) is 3.23. The fraction of sp³-hybridized carbons (Fsp3) is 0.923. The highest BCUT2D eigenvalue weighted by atomic mass is 79.9. The van der Waals surface area contributed by atoms with Gasteiger partial charge in [-0.15, -0.1) is 0 Å². The molecule has 0 rings (SSSR count). The second-order valence-corrected chi connectivity index (χ2v) is 9.62. The summed E-state index contributed by atoms with van der Waals surface area (Å²) in [7, 11) is 0. The molecule has 0 radical (unpaired) electrons. The summed E-state index contributed by atoms with van der Waals surface area (Å²) < 4.78 is 15.9. The van der Waals surface area contributed by atoms with E-state index in [-0.39, 0.29) is 13.2 Å². The smallest absolute Gasteiger partial charge is 0.407 e. The van der Waals surface area contributed by atoms with Gasteiger partial charge in [0.2, 0.25) is 0 Å². The second-order valence-electron chi connectivity index (χ2n) is 8.82. The lowest BCUT2D eigenvalue weighted by Crippen LogP contribution is -2.33. The Hall–Kier alpha value is -0.820. The SMILES string of the molecule is CCCCCCCCCCCCCCCCCCOCC(COC(=O)NCCBr)OC(C)=O. The Morgan fingerprint density at radius 2 is 1.24 bits per heavy atom. The molecule has 0 bridgehead atoms. The van der Waals surface area contributed by atoms with Gasteiger partial charge in [0.1, 0.15) is 6.61 Å². The Morgan fingerprint density at radius 1 is 0.758 bits per heavy atom. The molecule has 0 aromatic rings. The van der Waals surface area contributed by atoms with E-state index in [0.29, 0.717) is 18.5 Å². The molecule has 1 unspecified atom stereocenters. The minimum absolute atomic E-state index is 0.00728. The van der Waals surface area contributed by atoms with Gasteiger partial charge in [-0.2, -0.15) is 0 Å². The number of alkyl halides is 1. The standard InChI is InChI=1S/C26H50BrNO5/c1-3-4-5-6-7-8-9-10-11-12-13-14-15-16-17-18-21-31-22-25(33-24(2)29)23-32-26(30)28-20-19-27/h25H,3-23H2,1-2H3,(H,28,30). The van der Waals surface area contributed by atoms with Gasteiger partial charge < -0.3 is 19.5 Å². The zero-order chi connectivity index (χ0) is 24.4. The number of hydrogen-bond donors (Lipinski definition) is 1. The van der Waals surface area contributed by atoms with Gasteiger partial charge >= 0.3 is 12.1 Å². The Labute approximate surface area is 211 Å². The number of nitrogens with one attached hydrogen (secondary N) is 1. The molecule has 0 spiro atoms. The monoisotopic (exact) mass is 535 g/mol. The van der Waals surface area contributed by atoms with Crippen LogP contribution in [-0.4, -0.2) is 49.9 Å². The first kappa shape index (κ1) is 32.2. The van der Waals surface area contributed by atoms with Crippen LogP contribution in [0.5, 0.6) is 0 Å². The minimum atomic E-state index is -0.571. The molecule has 33 heavy (non-hydrogen) atoms. The Morgan fingerprint density at radius 3 is 1.70 bits per heavy atom. The predicted octanol–water partition coefficient (Wildman–Crippen LogP) is 7.32. The second kappa shape index (κ2) is 25.8. The molecule has 1 amide bonds. The maximum atomic E-state index is 11.5. The van der Waals surface area contributed by atoms with E-state index in [1.807, 2.05) is 0 Å². The van der Waals surface area contributed by atoms with E-state index >= 15 is 0 Å². The van der Waals surface area contributed by atoms with E-state index in [0.717, 1.165) is 12.8 Å². The number of carbonyl (C=O) groups is 2. The average molecular weight is 537 g/mol. The first-order valence-corrected chi connectivity index (χ1v) is 14.4. The summed E-state index contributed by atoms with van der Waals surface area (Å²) in [6.45, 7) is 4.96. The fourth-order valence-electron chi connectivity index (χ4n) is 3.69. The largest absolute Gasteiger partial charge is 0.456 e. The molecule has 0 aromatic heterocycles. The summed E-state index contributed by atoms with van der Waals surface area (Å²) in [5.41, 5.74) is 0. The van der Waals surface area contributed by atoms with E-state index in [4.69, 9.17) is 14.2 Å². The zero-order valence-electron chi connectivity index (χ0n) is 21.3. The molecule has 196 valence electrons. The van der Waals surface area contributed by atoms with Crippen molar-refractivity contribution in [2.45, 2.75) is 123 Å². The molecular formula is C26H50BrNO5. The maximum absolute atomic E-state index is 11.5.